The average Bonchev–Trinajstić information content (AvgIpc) is 3.32. The number of aryl methyl sites for hydroxylation is 2. The van der Waals surface area contributed by atoms with Crippen molar-refractivity contribution in [3.8, 4) is 33.6 Å². The first-order chi connectivity index (χ1) is 25.2. The Balaban J connectivity index is 1.13. The Bertz CT molecular complexity index is 2030. The van der Waals surface area contributed by atoms with Crippen molar-refractivity contribution in [2.45, 2.75) is 72.6 Å². The number of ketones is 1. The first-order valence-corrected chi connectivity index (χ1v) is 18.3. The Morgan fingerprint density at radius 3 is 2.33 bits per heavy atom. The van der Waals surface area contributed by atoms with E-state index in [0.717, 1.165) is 103 Å². The monoisotopic (exact) mass is 698 g/mol. The molecule has 0 amide bonds. The number of aromatic nitrogens is 7. The molecule has 0 spiro atoms. The topological polar surface area (TPSA) is 151 Å². The van der Waals surface area contributed by atoms with Gasteiger partial charge < -0.3 is 19.7 Å². The maximum atomic E-state index is 13.2. The Labute approximate surface area is 304 Å². The van der Waals surface area contributed by atoms with E-state index in [4.69, 9.17) is 29.9 Å². The molecule has 0 aliphatic carbocycles. The van der Waals surface area contributed by atoms with Crippen LogP contribution in [-0.2, 0) is 6.42 Å². The van der Waals surface area contributed by atoms with Gasteiger partial charge in [-0.1, -0.05) is 18.5 Å². The van der Waals surface area contributed by atoms with E-state index in [0.29, 0.717) is 40.7 Å². The molecule has 0 aromatic carbocycles. The van der Waals surface area contributed by atoms with Gasteiger partial charge >= 0.3 is 0 Å². The number of pyridine rings is 2. The fourth-order valence-electron chi connectivity index (χ4n) is 7.49. The summed E-state index contributed by atoms with van der Waals surface area (Å²) >= 11 is 0. The highest BCUT2D eigenvalue weighted by molar-refractivity contribution is 6.10. The van der Waals surface area contributed by atoms with Crippen molar-refractivity contribution in [2.24, 2.45) is 11.8 Å². The number of nitrogens with zero attached hydrogens (tertiary/aromatic N) is 9. The molecule has 5 aromatic heterocycles. The summed E-state index contributed by atoms with van der Waals surface area (Å²) in [5.74, 6) is 2.82. The van der Waals surface area contributed by atoms with Crippen LogP contribution < -0.4 is 9.80 Å². The number of carbonyl (C=O) groups excluding carboxylic acids is 1. The smallest absolute Gasteiger partial charge is 0.225 e. The van der Waals surface area contributed by atoms with Gasteiger partial charge in [-0.2, -0.15) is 0 Å². The summed E-state index contributed by atoms with van der Waals surface area (Å²) in [5, 5.41) is 12.1. The molecule has 12 heteroatoms. The largest absolute Gasteiger partial charge is 0.361 e. The molecule has 2 fully saturated rings. The van der Waals surface area contributed by atoms with Crippen LogP contribution in [0.1, 0.15) is 79.9 Å². The molecule has 12 nitrogen and oxygen atoms in total. The third-order valence-electron chi connectivity index (χ3n) is 10.1. The van der Waals surface area contributed by atoms with E-state index >= 15 is 0 Å². The second kappa shape index (κ2) is 15.5. The predicted molar refractivity (Wildman–Crippen MR) is 202 cm³/mol. The van der Waals surface area contributed by atoms with Gasteiger partial charge in [-0.15, -0.1) is 0 Å². The summed E-state index contributed by atoms with van der Waals surface area (Å²) in [6.07, 6.45) is 15.3. The third kappa shape index (κ3) is 7.75. The molecule has 52 heavy (non-hydrogen) atoms. The van der Waals surface area contributed by atoms with Crippen molar-refractivity contribution in [2.75, 3.05) is 36.0 Å². The van der Waals surface area contributed by atoms with Crippen molar-refractivity contribution < 1.29 is 9.32 Å². The van der Waals surface area contributed by atoms with Crippen LogP contribution in [0.3, 0.4) is 0 Å². The third-order valence-corrected chi connectivity index (χ3v) is 10.1. The van der Waals surface area contributed by atoms with E-state index in [1.54, 1.807) is 25.5 Å². The summed E-state index contributed by atoms with van der Waals surface area (Å²) in [6.45, 7) is 11.2. The number of hydrogen-bond donors (Lipinski definition) is 1. The highest BCUT2D eigenvalue weighted by Crippen LogP contribution is 2.36. The fraction of sp³-hybridized carbons (Fsp3) is 0.425. The summed E-state index contributed by atoms with van der Waals surface area (Å²) < 4.78 is 5.56. The zero-order valence-corrected chi connectivity index (χ0v) is 30.5. The van der Waals surface area contributed by atoms with Gasteiger partial charge in [0.05, 0.1) is 28.2 Å². The minimum atomic E-state index is -0.155. The maximum absolute atomic E-state index is 13.2. The molecular weight excluding hydrogens is 653 g/mol. The number of piperidine rings is 1. The quantitative estimate of drug-likeness (QED) is 0.115. The summed E-state index contributed by atoms with van der Waals surface area (Å²) in [5.41, 5.74) is 7.48. The first-order valence-electron chi connectivity index (χ1n) is 18.3. The molecule has 2 aliphatic rings. The van der Waals surface area contributed by atoms with Crippen LogP contribution in [0.4, 0.5) is 11.9 Å². The van der Waals surface area contributed by atoms with Crippen LogP contribution >= 0.6 is 0 Å². The zero-order chi connectivity index (χ0) is 36.2. The molecule has 0 radical (unpaired) electrons. The Morgan fingerprint density at radius 1 is 0.865 bits per heavy atom. The van der Waals surface area contributed by atoms with E-state index in [1.165, 1.54) is 6.42 Å². The Morgan fingerprint density at radius 2 is 1.62 bits per heavy atom. The second-order valence-corrected chi connectivity index (χ2v) is 14.4. The van der Waals surface area contributed by atoms with Crippen LogP contribution in [0.25, 0.3) is 33.6 Å². The number of anilines is 2. The van der Waals surface area contributed by atoms with Gasteiger partial charge in [0, 0.05) is 86.1 Å². The molecule has 2 saturated heterocycles. The van der Waals surface area contributed by atoms with E-state index < -0.39 is 0 Å². The minimum absolute atomic E-state index is 0.0377. The zero-order valence-electron chi connectivity index (χ0n) is 30.5. The molecular formula is C40H46N10O2. The van der Waals surface area contributed by atoms with E-state index in [2.05, 4.69) is 37.9 Å². The lowest BCUT2D eigenvalue weighted by Crippen LogP contribution is -2.35. The van der Waals surface area contributed by atoms with Gasteiger partial charge in [0.2, 0.25) is 11.9 Å². The van der Waals surface area contributed by atoms with Crippen molar-refractivity contribution in [1.29, 1.82) is 5.41 Å². The summed E-state index contributed by atoms with van der Waals surface area (Å²) in [7, 11) is 0. The molecule has 2 atom stereocenters. The van der Waals surface area contributed by atoms with Crippen molar-refractivity contribution >= 4 is 23.4 Å². The van der Waals surface area contributed by atoms with Crippen molar-refractivity contribution in [1.82, 2.24) is 35.1 Å². The molecule has 268 valence electrons. The Kier molecular flexibility index (Phi) is 10.4. The fourth-order valence-corrected chi connectivity index (χ4v) is 7.49. The Hall–Kier alpha value is -5.39. The van der Waals surface area contributed by atoms with Gasteiger partial charge in [-0.05, 0) is 94.5 Å². The lowest BCUT2D eigenvalue weighted by Gasteiger charge is -2.31. The number of rotatable bonds is 10. The second-order valence-electron chi connectivity index (χ2n) is 14.4. The van der Waals surface area contributed by atoms with Crippen molar-refractivity contribution in [3.63, 3.8) is 0 Å². The normalized spacial score (nSPS) is 17.9. The van der Waals surface area contributed by atoms with Crippen LogP contribution in [0, 0.1) is 31.1 Å². The standard InChI is InChI=1S/C40H46N10O2/c1-25-8-7-17-49(23-25)39-45-22-34(35(51)18-26(2)41)37(46-39)31-10-11-32(43-20-31)19-29-9-5-6-16-50(24-29)40-44-21-33(30-12-14-42-15-13-30)38(47-40)36-27(3)48-52-28(36)4/h10-15,20-22,25,29,41H,5-9,16-19,23-24H2,1-4H3. The highest BCUT2D eigenvalue weighted by Gasteiger charge is 2.26. The molecule has 1 N–H and O–H groups in total. The van der Waals surface area contributed by atoms with Gasteiger partial charge in [0.15, 0.2) is 5.78 Å². The lowest BCUT2D eigenvalue weighted by atomic mass is 9.96. The minimum Gasteiger partial charge on any atom is -0.361 e. The highest BCUT2D eigenvalue weighted by atomic mass is 16.5. The van der Waals surface area contributed by atoms with Crippen LogP contribution in [0.2, 0.25) is 0 Å². The molecule has 7 rings (SSSR count). The maximum Gasteiger partial charge on any atom is 0.225 e. The number of carbonyl (C=O) groups is 1. The molecule has 0 bridgehead atoms. The molecule has 0 saturated carbocycles. The molecule has 7 heterocycles. The van der Waals surface area contributed by atoms with Gasteiger partial charge in [-0.3, -0.25) is 14.8 Å². The molecule has 5 aromatic rings. The summed E-state index contributed by atoms with van der Waals surface area (Å²) in [6, 6.07) is 8.01. The van der Waals surface area contributed by atoms with E-state index in [1.807, 2.05) is 44.4 Å². The van der Waals surface area contributed by atoms with Crippen molar-refractivity contribution in [3.05, 3.63) is 78.0 Å². The number of Topliss-reactive ketones (excluding diaryl/α,β-unsaturated/α-hetero) is 1. The SMILES string of the molecule is CC(=N)CC(=O)c1cnc(N2CCCC(C)C2)nc1-c1ccc(CC2CCCCN(c3ncc(-c4ccncc4)c(-c4c(C)noc4C)n3)C2)nc1. The van der Waals surface area contributed by atoms with Gasteiger partial charge in [-0.25, -0.2) is 19.9 Å². The predicted octanol–water partition coefficient (Wildman–Crippen LogP) is 7.36. The molecule has 2 aliphatic heterocycles. The average molecular weight is 699 g/mol. The summed E-state index contributed by atoms with van der Waals surface area (Å²) in [4.78, 5) is 46.5. The lowest BCUT2D eigenvalue weighted by molar-refractivity contribution is 0.100. The van der Waals surface area contributed by atoms with Gasteiger partial charge in [0.1, 0.15) is 5.76 Å². The van der Waals surface area contributed by atoms with Gasteiger partial charge in [0.25, 0.3) is 0 Å². The van der Waals surface area contributed by atoms with E-state index in [9.17, 15) is 4.79 Å². The first kappa shape index (κ1) is 35.0. The van der Waals surface area contributed by atoms with Crippen LogP contribution in [0.15, 0.2) is 59.8 Å². The van der Waals surface area contributed by atoms with Crippen LogP contribution in [-0.4, -0.2) is 72.7 Å². The van der Waals surface area contributed by atoms with E-state index in [-0.39, 0.29) is 12.2 Å². The van der Waals surface area contributed by atoms with Crippen LogP contribution in [0.5, 0.6) is 0 Å². The molecule has 2 unspecified atom stereocenters. The number of hydrogen-bond acceptors (Lipinski definition) is 12. The number of nitrogens with one attached hydrogen (secondary N) is 1.